The first-order chi connectivity index (χ1) is 10.4. The van der Waals surface area contributed by atoms with E-state index in [-0.39, 0.29) is 4.90 Å². The zero-order valence-electron chi connectivity index (χ0n) is 13.8. The first kappa shape index (κ1) is 18.2. The van der Waals surface area contributed by atoms with Crippen molar-refractivity contribution in [1.29, 1.82) is 0 Å². The molecule has 2 rings (SSSR count). The monoisotopic (exact) mass is 320 g/mol. The van der Waals surface area contributed by atoms with E-state index in [0.717, 1.165) is 11.1 Å². The lowest BCUT2D eigenvalue weighted by Gasteiger charge is -2.09. The van der Waals surface area contributed by atoms with E-state index in [0.29, 0.717) is 11.7 Å². The largest absolute Gasteiger partial charge is 0.379 e. The second kappa shape index (κ2) is 7.99. The van der Waals surface area contributed by atoms with E-state index < -0.39 is 10.1 Å². The van der Waals surface area contributed by atoms with Gasteiger partial charge in [0.25, 0.3) is 0 Å². The molecule has 0 aliphatic carbocycles. The topological polar surface area (TPSA) is 43.4 Å². The standard InChI is InChI=1S/C16H18O3S.C2H6/c1-12(2)14-6-10-16(11-7-14)20(17,18)19-15-8-4-13(3)5-9-15;1-2/h4-12H,1-3H3;1-2H3. The number of hydrogen-bond acceptors (Lipinski definition) is 3. The molecule has 0 atom stereocenters. The lowest BCUT2D eigenvalue weighted by Crippen LogP contribution is -2.09. The predicted molar refractivity (Wildman–Crippen MR) is 90.9 cm³/mol. The van der Waals surface area contributed by atoms with Gasteiger partial charge in [-0.25, -0.2) is 0 Å². The number of rotatable bonds is 4. The van der Waals surface area contributed by atoms with Gasteiger partial charge in [-0.3, -0.25) is 0 Å². The van der Waals surface area contributed by atoms with Gasteiger partial charge in [-0.2, -0.15) is 8.42 Å². The summed E-state index contributed by atoms with van der Waals surface area (Å²) in [5.41, 5.74) is 2.15. The minimum absolute atomic E-state index is 0.169. The Kier molecular flexibility index (Phi) is 6.62. The molecule has 0 aliphatic rings. The van der Waals surface area contributed by atoms with Crippen molar-refractivity contribution in [3.05, 3.63) is 59.7 Å². The third kappa shape index (κ3) is 4.88. The zero-order valence-corrected chi connectivity index (χ0v) is 14.6. The fraction of sp³-hybridized carbons (Fsp3) is 0.333. The summed E-state index contributed by atoms with van der Waals surface area (Å²) in [4.78, 5) is 0.169. The van der Waals surface area contributed by atoms with E-state index in [9.17, 15) is 8.42 Å². The molecule has 0 unspecified atom stereocenters. The Morgan fingerprint density at radius 3 is 1.82 bits per heavy atom. The first-order valence-corrected chi connectivity index (χ1v) is 8.90. The van der Waals surface area contributed by atoms with Crippen LogP contribution >= 0.6 is 0 Å². The number of aryl methyl sites for hydroxylation is 1. The van der Waals surface area contributed by atoms with Crippen LogP contribution in [0.3, 0.4) is 0 Å². The quantitative estimate of drug-likeness (QED) is 0.752. The molecule has 0 saturated heterocycles. The van der Waals surface area contributed by atoms with Crippen molar-refractivity contribution in [3.63, 3.8) is 0 Å². The van der Waals surface area contributed by atoms with Crippen molar-refractivity contribution in [3.8, 4) is 5.75 Å². The van der Waals surface area contributed by atoms with Gasteiger partial charge in [0.15, 0.2) is 0 Å². The molecule has 2 aromatic carbocycles. The average Bonchev–Trinajstić information content (AvgIpc) is 2.51. The van der Waals surface area contributed by atoms with Gasteiger partial charge in [0.05, 0.1) is 0 Å². The van der Waals surface area contributed by atoms with Gasteiger partial charge in [0.1, 0.15) is 10.6 Å². The van der Waals surface area contributed by atoms with Crippen LogP contribution in [0.15, 0.2) is 53.4 Å². The summed E-state index contributed by atoms with van der Waals surface area (Å²) in [6.45, 7) is 10.1. The number of hydrogen-bond donors (Lipinski definition) is 0. The summed E-state index contributed by atoms with van der Waals surface area (Å²) in [7, 11) is -3.77. The van der Waals surface area contributed by atoms with E-state index in [1.807, 2.05) is 45.0 Å². The van der Waals surface area contributed by atoms with Crippen LogP contribution in [0, 0.1) is 6.92 Å². The maximum absolute atomic E-state index is 12.1. The van der Waals surface area contributed by atoms with Crippen LogP contribution < -0.4 is 4.18 Å². The van der Waals surface area contributed by atoms with Crippen LogP contribution in [-0.2, 0) is 10.1 Å². The molecule has 0 spiro atoms. The lowest BCUT2D eigenvalue weighted by molar-refractivity contribution is 0.486. The highest BCUT2D eigenvalue weighted by atomic mass is 32.2. The SMILES string of the molecule is CC.Cc1ccc(OS(=O)(=O)c2ccc(C(C)C)cc2)cc1. The van der Waals surface area contributed by atoms with E-state index in [1.54, 1.807) is 24.3 Å². The third-order valence-electron chi connectivity index (χ3n) is 3.06. The van der Waals surface area contributed by atoms with Gasteiger partial charge in [0, 0.05) is 0 Å². The predicted octanol–water partition coefficient (Wildman–Crippen LogP) is 4.91. The van der Waals surface area contributed by atoms with Crippen LogP contribution in [0.25, 0.3) is 0 Å². The van der Waals surface area contributed by atoms with Crippen molar-refractivity contribution in [2.45, 2.75) is 45.4 Å². The van der Waals surface area contributed by atoms with Gasteiger partial charge >= 0.3 is 10.1 Å². The van der Waals surface area contributed by atoms with Crippen LogP contribution in [0.5, 0.6) is 5.75 Å². The molecule has 2 aromatic rings. The van der Waals surface area contributed by atoms with Crippen LogP contribution in [0.1, 0.15) is 44.7 Å². The molecule has 120 valence electrons. The summed E-state index contributed by atoms with van der Waals surface area (Å²) < 4.78 is 29.4. The first-order valence-electron chi connectivity index (χ1n) is 7.49. The molecule has 4 heteroatoms. The zero-order chi connectivity index (χ0) is 16.8. The fourth-order valence-electron chi connectivity index (χ4n) is 1.79. The van der Waals surface area contributed by atoms with E-state index in [4.69, 9.17) is 4.18 Å². The lowest BCUT2D eigenvalue weighted by atomic mass is 10.0. The summed E-state index contributed by atoms with van der Waals surface area (Å²) in [6, 6.07) is 13.7. The number of benzene rings is 2. The van der Waals surface area contributed by atoms with E-state index in [1.165, 1.54) is 0 Å². The van der Waals surface area contributed by atoms with Crippen LogP contribution in [0.4, 0.5) is 0 Å². The molecule has 3 nitrogen and oxygen atoms in total. The molecule has 0 N–H and O–H groups in total. The summed E-state index contributed by atoms with van der Waals surface area (Å²) in [5.74, 6) is 0.688. The average molecular weight is 320 g/mol. The van der Waals surface area contributed by atoms with Gasteiger partial charge < -0.3 is 4.18 Å². The highest BCUT2D eigenvalue weighted by Gasteiger charge is 2.16. The molecule has 0 saturated carbocycles. The second-order valence-electron chi connectivity index (χ2n) is 5.07. The molecule has 0 radical (unpaired) electrons. The summed E-state index contributed by atoms with van der Waals surface area (Å²) >= 11 is 0. The Labute approximate surface area is 134 Å². The Bertz CT molecular complexity index is 669. The van der Waals surface area contributed by atoms with Crippen molar-refractivity contribution < 1.29 is 12.6 Å². The van der Waals surface area contributed by atoms with Crippen LogP contribution in [-0.4, -0.2) is 8.42 Å². The Hall–Kier alpha value is -1.81. The molecule has 22 heavy (non-hydrogen) atoms. The molecule has 0 aliphatic heterocycles. The molecular formula is C18H24O3S. The fourth-order valence-corrected chi connectivity index (χ4v) is 2.72. The smallest absolute Gasteiger partial charge is 0.339 e. The Morgan fingerprint density at radius 2 is 1.36 bits per heavy atom. The molecule has 0 aromatic heterocycles. The van der Waals surface area contributed by atoms with Gasteiger partial charge in [0.2, 0.25) is 0 Å². The van der Waals surface area contributed by atoms with Gasteiger partial charge in [-0.1, -0.05) is 57.5 Å². The maximum Gasteiger partial charge on any atom is 0.339 e. The van der Waals surface area contributed by atoms with Gasteiger partial charge in [-0.05, 0) is 42.7 Å². The molecule has 0 bridgehead atoms. The van der Waals surface area contributed by atoms with Gasteiger partial charge in [-0.15, -0.1) is 0 Å². The van der Waals surface area contributed by atoms with Crippen molar-refractivity contribution in [1.82, 2.24) is 0 Å². The van der Waals surface area contributed by atoms with Crippen molar-refractivity contribution in [2.24, 2.45) is 0 Å². The van der Waals surface area contributed by atoms with Crippen molar-refractivity contribution >= 4 is 10.1 Å². The normalized spacial score (nSPS) is 10.8. The Morgan fingerprint density at radius 1 is 0.864 bits per heavy atom. The van der Waals surface area contributed by atoms with Crippen molar-refractivity contribution in [2.75, 3.05) is 0 Å². The molecule has 0 fully saturated rings. The third-order valence-corrected chi connectivity index (χ3v) is 4.32. The highest BCUT2D eigenvalue weighted by Crippen LogP contribution is 2.21. The van der Waals surface area contributed by atoms with Crippen LogP contribution in [0.2, 0.25) is 0 Å². The molecule has 0 heterocycles. The minimum atomic E-state index is -3.77. The second-order valence-corrected chi connectivity index (χ2v) is 6.62. The summed E-state index contributed by atoms with van der Waals surface area (Å²) in [5, 5.41) is 0. The summed E-state index contributed by atoms with van der Waals surface area (Å²) in [6.07, 6.45) is 0. The molecule has 0 amide bonds. The Balaban J connectivity index is 0.00000116. The minimum Gasteiger partial charge on any atom is -0.379 e. The maximum atomic E-state index is 12.1. The van der Waals surface area contributed by atoms with E-state index in [2.05, 4.69) is 13.8 Å². The molecular weight excluding hydrogens is 296 g/mol. The van der Waals surface area contributed by atoms with E-state index >= 15 is 0 Å². The highest BCUT2D eigenvalue weighted by molar-refractivity contribution is 7.87.